The van der Waals surface area contributed by atoms with Crippen molar-refractivity contribution in [3.63, 3.8) is 0 Å². The van der Waals surface area contributed by atoms with Crippen molar-refractivity contribution in [1.29, 1.82) is 0 Å². The third kappa shape index (κ3) is 4.87. The normalized spacial score (nSPS) is 13.0. The van der Waals surface area contributed by atoms with Gasteiger partial charge in [0.05, 0.1) is 0 Å². The zero-order chi connectivity index (χ0) is 9.78. The van der Waals surface area contributed by atoms with Gasteiger partial charge in [0.1, 0.15) is 0 Å². The van der Waals surface area contributed by atoms with E-state index in [9.17, 15) is 0 Å². The van der Waals surface area contributed by atoms with Gasteiger partial charge in [-0.3, -0.25) is 0 Å². The van der Waals surface area contributed by atoms with Crippen molar-refractivity contribution >= 4 is 8.64 Å². The summed E-state index contributed by atoms with van der Waals surface area (Å²) >= 11 is 0. The van der Waals surface area contributed by atoms with Crippen molar-refractivity contribution in [3.05, 3.63) is 0 Å². The molecule has 0 aliphatic carbocycles. The van der Waals surface area contributed by atoms with E-state index in [4.69, 9.17) is 4.43 Å². The maximum atomic E-state index is 5.48. The van der Waals surface area contributed by atoms with Gasteiger partial charge in [-0.15, -0.1) is 0 Å². The molecule has 0 aromatic carbocycles. The summed E-state index contributed by atoms with van der Waals surface area (Å²) in [5.41, 5.74) is 0. The monoisotopic (exact) mass is 190 g/mol. The molecule has 0 aromatic heterocycles. The van der Waals surface area contributed by atoms with Crippen molar-refractivity contribution in [2.75, 3.05) is 7.11 Å². The maximum absolute atomic E-state index is 5.48. The fourth-order valence-corrected chi connectivity index (χ4v) is 3.78. The van der Waals surface area contributed by atoms with Crippen LogP contribution in [0.2, 0.25) is 6.55 Å². The third-order valence-electron chi connectivity index (χ3n) is 1.54. The van der Waals surface area contributed by atoms with Crippen molar-refractivity contribution < 1.29 is 4.43 Å². The number of nitrogens with one attached hydrogen (secondary N) is 2. The SMILES string of the molecule is CO[Si](C)(NC(C)C)NC(C)C. The summed E-state index contributed by atoms with van der Waals surface area (Å²) < 4.78 is 5.48. The fraction of sp³-hybridized carbons (Fsp3) is 1.00. The zero-order valence-electron chi connectivity index (χ0n) is 9.06. The van der Waals surface area contributed by atoms with Gasteiger partial charge in [0.15, 0.2) is 0 Å². The smallest absolute Gasteiger partial charge is 0.348 e. The molecule has 0 saturated heterocycles. The van der Waals surface area contributed by atoms with Crippen LogP contribution in [0.4, 0.5) is 0 Å². The highest BCUT2D eigenvalue weighted by molar-refractivity contribution is 6.67. The molecule has 0 fully saturated rings. The van der Waals surface area contributed by atoms with E-state index in [2.05, 4.69) is 44.2 Å². The van der Waals surface area contributed by atoms with Gasteiger partial charge in [-0.05, 0) is 18.6 Å². The van der Waals surface area contributed by atoms with Gasteiger partial charge in [-0.2, -0.15) is 0 Å². The summed E-state index contributed by atoms with van der Waals surface area (Å²) in [4.78, 5) is 6.89. The Morgan fingerprint density at radius 3 is 1.50 bits per heavy atom. The average molecular weight is 190 g/mol. The lowest BCUT2D eigenvalue weighted by atomic mass is 10.4. The van der Waals surface area contributed by atoms with E-state index in [1.54, 1.807) is 7.11 Å². The fourth-order valence-electron chi connectivity index (χ4n) is 1.26. The Labute approximate surface area is 77.2 Å². The molecule has 0 radical (unpaired) electrons. The Bertz CT molecular complexity index is 118. The second-order valence-electron chi connectivity index (χ2n) is 3.84. The van der Waals surface area contributed by atoms with E-state index in [1.807, 2.05) is 0 Å². The van der Waals surface area contributed by atoms with Crippen LogP contribution in [0, 0.1) is 0 Å². The molecule has 0 bridgehead atoms. The Morgan fingerprint density at radius 2 is 1.33 bits per heavy atom. The second-order valence-corrected chi connectivity index (χ2v) is 6.89. The molecule has 0 amide bonds. The second kappa shape index (κ2) is 4.96. The van der Waals surface area contributed by atoms with Crippen LogP contribution in [0.15, 0.2) is 0 Å². The lowest BCUT2D eigenvalue weighted by Crippen LogP contribution is -2.65. The topological polar surface area (TPSA) is 33.3 Å². The molecule has 0 aromatic rings. The lowest BCUT2D eigenvalue weighted by Gasteiger charge is -2.30. The van der Waals surface area contributed by atoms with Gasteiger partial charge in [-0.25, -0.2) is 0 Å². The quantitative estimate of drug-likeness (QED) is 0.639. The molecule has 0 spiro atoms. The van der Waals surface area contributed by atoms with E-state index >= 15 is 0 Å². The summed E-state index contributed by atoms with van der Waals surface area (Å²) in [5.74, 6) is 0. The number of rotatable bonds is 5. The van der Waals surface area contributed by atoms with Gasteiger partial charge < -0.3 is 14.4 Å². The van der Waals surface area contributed by atoms with Crippen LogP contribution in [0.1, 0.15) is 27.7 Å². The first-order valence-corrected chi connectivity index (χ1v) is 6.91. The molecule has 0 heterocycles. The lowest BCUT2D eigenvalue weighted by molar-refractivity contribution is 0.356. The van der Waals surface area contributed by atoms with Crippen LogP contribution in [-0.2, 0) is 4.43 Å². The number of hydrogen-bond donors (Lipinski definition) is 2. The average Bonchev–Trinajstić information content (AvgIpc) is 1.83. The molecule has 2 N–H and O–H groups in total. The largest absolute Gasteiger partial charge is 0.395 e. The number of hydrogen-bond acceptors (Lipinski definition) is 3. The Morgan fingerprint density at radius 1 is 1.00 bits per heavy atom. The van der Waals surface area contributed by atoms with Gasteiger partial charge in [0.2, 0.25) is 0 Å². The van der Waals surface area contributed by atoms with Crippen LogP contribution in [-0.4, -0.2) is 27.8 Å². The van der Waals surface area contributed by atoms with E-state index in [-0.39, 0.29) is 0 Å². The molecular formula is C8H22N2OSi. The molecule has 0 rings (SSSR count). The first kappa shape index (κ1) is 12.1. The molecule has 4 heteroatoms. The zero-order valence-corrected chi connectivity index (χ0v) is 10.1. The summed E-state index contributed by atoms with van der Waals surface area (Å²) in [6.45, 7) is 10.7. The van der Waals surface area contributed by atoms with Gasteiger partial charge in [-0.1, -0.05) is 27.7 Å². The molecule has 0 saturated carbocycles. The predicted molar refractivity (Wildman–Crippen MR) is 55.2 cm³/mol. The van der Waals surface area contributed by atoms with Gasteiger partial charge >= 0.3 is 8.64 Å². The van der Waals surface area contributed by atoms with Crippen molar-refractivity contribution in [2.45, 2.75) is 46.3 Å². The van der Waals surface area contributed by atoms with Crippen LogP contribution in [0.3, 0.4) is 0 Å². The molecule has 3 nitrogen and oxygen atoms in total. The molecular weight excluding hydrogens is 168 g/mol. The van der Waals surface area contributed by atoms with Gasteiger partial charge in [0.25, 0.3) is 0 Å². The highest BCUT2D eigenvalue weighted by Gasteiger charge is 2.29. The summed E-state index contributed by atoms with van der Waals surface area (Å²) in [7, 11) is -0.0886. The molecule has 74 valence electrons. The molecule has 12 heavy (non-hydrogen) atoms. The predicted octanol–water partition coefficient (Wildman–Crippen LogP) is 1.20. The van der Waals surface area contributed by atoms with Crippen LogP contribution >= 0.6 is 0 Å². The van der Waals surface area contributed by atoms with E-state index in [0.717, 1.165) is 0 Å². The van der Waals surface area contributed by atoms with E-state index in [0.29, 0.717) is 12.1 Å². The maximum Gasteiger partial charge on any atom is 0.348 e. The van der Waals surface area contributed by atoms with E-state index in [1.165, 1.54) is 0 Å². The highest BCUT2D eigenvalue weighted by atomic mass is 28.4. The molecule has 0 aliphatic heterocycles. The molecule has 0 atom stereocenters. The van der Waals surface area contributed by atoms with Crippen LogP contribution < -0.4 is 9.96 Å². The van der Waals surface area contributed by atoms with Crippen LogP contribution in [0.5, 0.6) is 0 Å². The minimum absolute atomic E-state index is 0.466. The van der Waals surface area contributed by atoms with Crippen LogP contribution in [0.25, 0.3) is 0 Å². The highest BCUT2D eigenvalue weighted by Crippen LogP contribution is 1.97. The standard InChI is InChI=1S/C8H22N2OSi/c1-7(2)9-12(6,11-5)10-8(3)4/h7-10H,1-6H3. The minimum atomic E-state index is -1.85. The first-order valence-electron chi connectivity index (χ1n) is 4.50. The Hall–Kier alpha value is 0.0969. The van der Waals surface area contributed by atoms with Crippen molar-refractivity contribution in [2.24, 2.45) is 0 Å². The first-order chi connectivity index (χ1) is 5.39. The Balaban J connectivity index is 4.04. The summed E-state index contributed by atoms with van der Waals surface area (Å²) in [5, 5.41) is 0. The molecule has 0 aliphatic rings. The minimum Gasteiger partial charge on any atom is -0.395 e. The van der Waals surface area contributed by atoms with Crippen molar-refractivity contribution in [1.82, 2.24) is 9.96 Å². The van der Waals surface area contributed by atoms with Gasteiger partial charge in [0, 0.05) is 7.11 Å². The molecule has 0 unspecified atom stereocenters. The van der Waals surface area contributed by atoms with Crippen molar-refractivity contribution in [3.8, 4) is 0 Å². The Kier molecular flexibility index (Phi) is 5.00. The third-order valence-corrected chi connectivity index (χ3v) is 4.61. The van der Waals surface area contributed by atoms with E-state index < -0.39 is 8.64 Å². The summed E-state index contributed by atoms with van der Waals surface area (Å²) in [6, 6.07) is 0.931. The summed E-state index contributed by atoms with van der Waals surface area (Å²) in [6.07, 6.45) is 0.